The fourth-order valence-electron chi connectivity index (χ4n) is 1.76. The van der Waals surface area contributed by atoms with Crippen LogP contribution >= 0.6 is 0 Å². The van der Waals surface area contributed by atoms with E-state index in [9.17, 15) is 14.7 Å². The summed E-state index contributed by atoms with van der Waals surface area (Å²) in [5.74, 6) is -0.412. The van der Waals surface area contributed by atoms with Crippen LogP contribution in [0.4, 0.5) is 4.79 Å². The first-order valence-electron chi connectivity index (χ1n) is 6.18. The lowest BCUT2D eigenvalue weighted by Gasteiger charge is -2.31. The molecule has 1 aliphatic heterocycles. The van der Waals surface area contributed by atoms with Crippen LogP contribution in [0.1, 0.15) is 27.7 Å². The molecule has 6 nitrogen and oxygen atoms in total. The number of aliphatic hydroxyl groups is 1. The van der Waals surface area contributed by atoms with Crippen LogP contribution in [0.5, 0.6) is 0 Å². The minimum absolute atomic E-state index is 0.0571. The molecule has 0 aromatic rings. The maximum atomic E-state index is 12.1. The minimum Gasteiger partial charge on any atom is -0.463 e. The Morgan fingerprint density at radius 2 is 1.84 bits per heavy atom. The molecular weight excluding hydrogens is 250 g/mol. The van der Waals surface area contributed by atoms with E-state index in [0.29, 0.717) is 0 Å². The van der Waals surface area contributed by atoms with Gasteiger partial charge in [-0.1, -0.05) is 12.2 Å². The van der Waals surface area contributed by atoms with Gasteiger partial charge in [0.15, 0.2) is 0 Å². The highest BCUT2D eigenvalue weighted by Crippen LogP contribution is 2.21. The smallest absolute Gasteiger partial charge is 0.411 e. The Labute approximate surface area is 113 Å². The zero-order valence-corrected chi connectivity index (χ0v) is 11.8. The summed E-state index contributed by atoms with van der Waals surface area (Å²) in [6, 6.07) is -0.855. The molecule has 1 aliphatic rings. The number of carbonyl (C=O) groups is 2. The number of carbonyl (C=O) groups excluding carboxylic acids is 2. The predicted molar refractivity (Wildman–Crippen MR) is 68.5 cm³/mol. The van der Waals surface area contributed by atoms with Gasteiger partial charge >= 0.3 is 12.1 Å². The first-order valence-corrected chi connectivity index (χ1v) is 6.18. The van der Waals surface area contributed by atoms with E-state index in [2.05, 4.69) is 0 Å². The zero-order valence-electron chi connectivity index (χ0n) is 11.8. The van der Waals surface area contributed by atoms with Crippen molar-refractivity contribution in [1.82, 2.24) is 4.90 Å². The van der Waals surface area contributed by atoms with E-state index in [1.807, 2.05) is 0 Å². The fraction of sp³-hybridized carbons (Fsp3) is 0.692. The summed E-state index contributed by atoms with van der Waals surface area (Å²) in [5.41, 5.74) is -0.619. The molecule has 0 aromatic heterocycles. The molecule has 2 atom stereocenters. The van der Waals surface area contributed by atoms with Crippen molar-refractivity contribution >= 4 is 12.1 Å². The molecular formula is C13H21NO5. The summed E-state index contributed by atoms with van der Waals surface area (Å²) in [6.45, 7) is 6.46. The van der Waals surface area contributed by atoms with Gasteiger partial charge in [0.25, 0.3) is 0 Å². The van der Waals surface area contributed by atoms with Crippen LogP contribution in [0, 0.1) is 0 Å². The maximum absolute atomic E-state index is 12.1. The third-order valence-electron chi connectivity index (χ3n) is 2.52. The lowest BCUT2D eigenvalue weighted by Crippen LogP contribution is -2.47. The summed E-state index contributed by atoms with van der Waals surface area (Å²) in [5, 5.41) is 9.27. The molecule has 0 fully saturated rings. The molecule has 0 saturated carbocycles. The van der Waals surface area contributed by atoms with E-state index in [4.69, 9.17) is 9.47 Å². The second-order valence-electron chi connectivity index (χ2n) is 5.39. The number of amides is 1. The van der Waals surface area contributed by atoms with E-state index in [-0.39, 0.29) is 13.2 Å². The van der Waals surface area contributed by atoms with Gasteiger partial charge in [0.2, 0.25) is 0 Å². The molecule has 0 unspecified atom stereocenters. The average molecular weight is 271 g/mol. The van der Waals surface area contributed by atoms with Crippen LogP contribution in [-0.2, 0) is 14.3 Å². The SMILES string of the molecule is CC(=O)OC[C@@H]1C=C[C@H](CO)N1C(=O)OC(C)(C)C. The molecule has 0 spiro atoms. The van der Waals surface area contributed by atoms with Gasteiger partial charge in [0, 0.05) is 6.92 Å². The van der Waals surface area contributed by atoms with E-state index < -0.39 is 29.7 Å². The monoisotopic (exact) mass is 271 g/mol. The van der Waals surface area contributed by atoms with Crippen molar-refractivity contribution in [1.29, 1.82) is 0 Å². The molecule has 1 amide bonds. The zero-order chi connectivity index (χ0) is 14.6. The molecule has 19 heavy (non-hydrogen) atoms. The van der Waals surface area contributed by atoms with Gasteiger partial charge in [-0.25, -0.2) is 4.79 Å². The molecule has 0 bridgehead atoms. The van der Waals surface area contributed by atoms with Crippen LogP contribution in [0.25, 0.3) is 0 Å². The Balaban J connectivity index is 2.73. The lowest BCUT2D eigenvalue weighted by atomic mass is 10.2. The van der Waals surface area contributed by atoms with Crippen molar-refractivity contribution in [2.75, 3.05) is 13.2 Å². The van der Waals surface area contributed by atoms with Crippen LogP contribution in [0.3, 0.4) is 0 Å². The third-order valence-corrected chi connectivity index (χ3v) is 2.52. The van der Waals surface area contributed by atoms with Crippen molar-refractivity contribution in [3.05, 3.63) is 12.2 Å². The van der Waals surface area contributed by atoms with Crippen molar-refractivity contribution in [3.8, 4) is 0 Å². The number of nitrogens with zero attached hydrogens (tertiary/aromatic N) is 1. The van der Waals surface area contributed by atoms with E-state index in [1.165, 1.54) is 11.8 Å². The number of ether oxygens (including phenoxy) is 2. The van der Waals surface area contributed by atoms with Gasteiger partial charge in [-0.2, -0.15) is 0 Å². The summed E-state index contributed by atoms with van der Waals surface area (Å²) in [4.78, 5) is 24.3. The fourth-order valence-corrected chi connectivity index (χ4v) is 1.76. The van der Waals surface area contributed by atoms with Gasteiger partial charge < -0.3 is 14.6 Å². The lowest BCUT2D eigenvalue weighted by molar-refractivity contribution is -0.142. The Bertz CT molecular complexity index is 372. The highest BCUT2D eigenvalue weighted by molar-refractivity contribution is 5.71. The number of hydrogen-bond donors (Lipinski definition) is 1. The summed E-state index contributed by atoms with van der Waals surface area (Å²) in [7, 11) is 0. The summed E-state index contributed by atoms with van der Waals surface area (Å²) in [6.07, 6.45) is 2.90. The number of aliphatic hydroxyl groups excluding tert-OH is 1. The Hall–Kier alpha value is -1.56. The van der Waals surface area contributed by atoms with Crippen molar-refractivity contribution in [2.45, 2.75) is 45.4 Å². The largest absolute Gasteiger partial charge is 0.463 e. The second kappa shape index (κ2) is 6.06. The maximum Gasteiger partial charge on any atom is 0.411 e. The Kier molecular flexibility index (Phi) is 4.94. The normalized spacial score (nSPS) is 22.5. The summed E-state index contributed by atoms with van der Waals surface area (Å²) < 4.78 is 10.2. The number of hydrogen-bond acceptors (Lipinski definition) is 5. The quantitative estimate of drug-likeness (QED) is 0.614. The highest BCUT2D eigenvalue weighted by atomic mass is 16.6. The van der Waals surface area contributed by atoms with Gasteiger partial charge in [-0.3, -0.25) is 9.69 Å². The number of rotatable bonds is 3. The molecule has 0 aromatic carbocycles. The van der Waals surface area contributed by atoms with Crippen LogP contribution in [0.15, 0.2) is 12.2 Å². The van der Waals surface area contributed by atoms with Gasteiger partial charge in [0.05, 0.1) is 18.7 Å². The second-order valence-corrected chi connectivity index (χ2v) is 5.39. The molecule has 6 heteroatoms. The highest BCUT2D eigenvalue weighted by Gasteiger charge is 2.35. The van der Waals surface area contributed by atoms with E-state index in [0.717, 1.165) is 0 Å². The predicted octanol–water partition coefficient (Wildman–Crippen LogP) is 1.09. The molecule has 0 saturated heterocycles. The van der Waals surface area contributed by atoms with Crippen LogP contribution < -0.4 is 0 Å². The van der Waals surface area contributed by atoms with Gasteiger partial charge in [0.1, 0.15) is 12.2 Å². The van der Waals surface area contributed by atoms with Gasteiger partial charge in [-0.15, -0.1) is 0 Å². The first-order chi connectivity index (χ1) is 8.74. The molecule has 108 valence electrons. The number of esters is 1. The average Bonchev–Trinajstić information content (AvgIpc) is 2.66. The third kappa shape index (κ3) is 4.55. The van der Waals surface area contributed by atoms with Gasteiger partial charge in [-0.05, 0) is 20.8 Å². The van der Waals surface area contributed by atoms with E-state index >= 15 is 0 Å². The van der Waals surface area contributed by atoms with Crippen molar-refractivity contribution < 1.29 is 24.2 Å². The van der Waals surface area contributed by atoms with Crippen LogP contribution in [0.2, 0.25) is 0 Å². The summed E-state index contributed by atoms with van der Waals surface area (Å²) >= 11 is 0. The molecule has 1 N–H and O–H groups in total. The molecule has 0 radical (unpaired) electrons. The standard InChI is InChI=1S/C13H21NO5/c1-9(16)18-8-11-6-5-10(7-15)14(11)12(17)19-13(2,3)4/h5-6,10-11,15H,7-8H2,1-4H3/t10-,11+/m1/s1. The molecule has 1 heterocycles. The topological polar surface area (TPSA) is 76.1 Å². The van der Waals surface area contributed by atoms with Crippen molar-refractivity contribution in [2.24, 2.45) is 0 Å². The Morgan fingerprint density at radius 3 is 2.32 bits per heavy atom. The molecule has 0 aliphatic carbocycles. The Morgan fingerprint density at radius 1 is 1.26 bits per heavy atom. The minimum atomic E-state index is -0.619. The van der Waals surface area contributed by atoms with E-state index in [1.54, 1.807) is 32.9 Å². The van der Waals surface area contributed by atoms with Crippen molar-refractivity contribution in [3.63, 3.8) is 0 Å². The van der Waals surface area contributed by atoms with Crippen LogP contribution in [-0.4, -0.2) is 53.0 Å². The molecule has 1 rings (SSSR count). The first kappa shape index (κ1) is 15.5.